The molecular formula is C14H20ClFO2. The summed E-state index contributed by atoms with van der Waals surface area (Å²) in [5, 5.41) is -0.357. The van der Waals surface area contributed by atoms with Crippen LogP contribution in [0.2, 0.25) is 0 Å². The SMILES string of the molecule is CCCC(C)C(Cl)c1cc(OC)c(OC)cc1F. The van der Waals surface area contributed by atoms with Crippen molar-refractivity contribution in [2.75, 3.05) is 14.2 Å². The van der Waals surface area contributed by atoms with E-state index in [0.717, 1.165) is 12.8 Å². The van der Waals surface area contributed by atoms with Crippen LogP contribution in [-0.4, -0.2) is 14.2 Å². The van der Waals surface area contributed by atoms with Crippen LogP contribution in [0, 0.1) is 11.7 Å². The van der Waals surface area contributed by atoms with Crippen molar-refractivity contribution in [3.8, 4) is 11.5 Å². The Kier molecular flexibility index (Phi) is 5.73. The first-order chi connectivity index (χ1) is 8.54. The highest BCUT2D eigenvalue weighted by molar-refractivity contribution is 6.21. The van der Waals surface area contributed by atoms with Gasteiger partial charge in [-0.25, -0.2) is 4.39 Å². The summed E-state index contributed by atoms with van der Waals surface area (Å²) >= 11 is 6.33. The van der Waals surface area contributed by atoms with Crippen molar-refractivity contribution >= 4 is 11.6 Å². The molecule has 0 aromatic heterocycles. The summed E-state index contributed by atoms with van der Waals surface area (Å²) in [7, 11) is 3.01. The number of hydrogen-bond acceptors (Lipinski definition) is 2. The number of halogens is 2. The second-order valence-corrected chi connectivity index (χ2v) is 4.87. The fraction of sp³-hybridized carbons (Fsp3) is 0.571. The second-order valence-electron chi connectivity index (χ2n) is 4.40. The molecule has 1 rings (SSSR count). The molecule has 0 amide bonds. The molecule has 0 radical (unpaired) electrons. The van der Waals surface area contributed by atoms with Crippen molar-refractivity contribution in [3.05, 3.63) is 23.5 Å². The van der Waals surface area contributed by atoms with Gasteiger partial charge in [-0.2, -0.15) is 0 Å². The monoisotopic (exact) mass is 274 g/mol. The Labute approximate surface area is 113 Å². The number of ether oxygens (including phenoxy) is 2. The first-order valence-electron chi connectivity index (χ1n) is 6.10. The largest absolute Gasteiger partial charge is 0.493 e. The first kappa shape index (κ1) is 15.1. The molecule has 0 spiro atoms. The van der Waals surface area contributed by atoms with Gasteiger partial charge in [0.15, 0.2) is 11.5 Å². The zero-order valence-corrected chi connectivity index (χ0v) is 12.1. The molecule has 1 aromatic carbocycles. The summed E-state index contributed by atoms with van der Waals surface area (Å²) in [5.41, 5.74) is 0.468. The van der Waals surface area contributed by atoms with Gasteiger partial charge >= 0.3 is 0 Å². The lowest BCUT2D eigenvalue weighted by Crippen LogP contribution is -2.07. The number of alkyl halides is 1. The maximum absolute atomic E-state index is 14.0. The van der Waals surface area contributed by atoms with Gasteiger partial charge in [0.05, 0.1) is 19.6 Å². The highest BCUT2D eigenvalue weighted by Gasteiger charge is 2.22. The fourth-order valence-corrected chi connectivity index (χ4v) is 2.28. The van der Waals surface area contributed by atoms with Gasteiger partial charge < -0.3 is 9.47 Å². The molecule has 0 N–H and O–H groups in total. The quantitative estimate of drug-likeness (QED) is 0.708. The molecule has 4 heteroatoms. The summed E-state index contributed by atoms with van der Waals surface area (Å²) in [5.74, 6) is 0.744. The fourth-order valence-electron chi connectivity index (χ4n) is 1.99. The Balaban J connectivity index is 3.08. The zero-order chi connectivity index (χ0) is 13.7. The maximum Gasteiger partial charge on any atom is 0.163 e. The van der Waals surface area contributed by atoms with Crippen molar-refractivity contribution < 1.29 is 13.9 Å². The van der Waals surface area contributed by atoms with Crippen molar-refractivity contribution in [1.82, 2.24) is 0 Å². The molecule has 2 unspecified atom stereocenters. The summed E-state index contributed by atoms with van der Waals surface area (Å²) < 4.78 is 24.2. The van der Waals surface area contributed by atoms with Crippen LogP contribution < -0.4 is 9.47 Å². The predicted molar refractivity (Wildman–Crippen MR) is 72.2 cm³/mol. The summed E-state index contributed by atoms with van der Waals surface area (Å²) in [6.07, 6.45) is 1.99. The lowest BCUT2D eigenvalue weighted by atomic mass is 9.95. The van der Waals surface area contributed by atoms with Gasteiger partial charge in [0.2, 0.25) is 0 Å². The van der Waals surface area contributed by atoms with Crippen LogP contribution in [0.5, 0.6) is 11.5 Å². The van der Waals surface area contributed by atoms with Crippen LogP contribution in [0.15, 0.2) is 12.1 Å². The molecule has 2 atom stereocenters. The van der Waals surface area contributed by atoms with Crippen molar-refractivity contribution in [2.24, 2.45) is 5.92 Å². The van der Waals surface area contributed by atoms with Crippen LogP contribution >= 0.6 is 11.6 Å². The van der Waals surface area contributed by atoms with Gasteiger partial charge in [-0.05, 0) is 18.4 Å². The highest BCUT2D eigenvalue weighted by atomic mass is 35.5. The van der Waals surface area contributed by atoms with E-state index >= 15 is 0 Å². The van der Waals surface area contributed by atoms with Gasteiger partial charge in [0.25, 0.3) is 0 Å². The molecule has 0 aliphatic heterocycles. The Morgan fingerprint density at radius 1 is 1.22 bits per heavy atom. The van der Waals surface area contributed by atoms with E-state index < -0.39 is 0 Å². The number of methoxy groups -OCH3 is 2. The summed E-state index contributed by atoms with van der Waals surface area (Å²) in [6.45, 7) is 4.11. The Bertz CT molecular complexity index is 396. The van der Waals surface area contributed by atoms with Gasteiger partial charge in [-0.1, -0.05) is 20.3 Å². The average molecular weight is 275 g/mol. The lowest BCUT2D eigenvalue weighted by molar-refractivity contribution is 0.350. The second kappa shape index (κ2) is 6.83. The van der Waals surface area contributed by atoms with E-state index in [9.17, 15) is 4.39 Å². The Morgan fingerprint density at radius 3 is 2.28 bits per heavy atom. The van der Waals surface area contributed by atoms with Crippen molar-refractivity contribution in [2.45, 2.75) is 32.1 Å². The van der Waals surface area contributed by atoms with Crippen LogP contribution in [0.1, 0.15) is 37.6 Å². The lowest BCUT2D eigenvalue weighted by Gasteiger charge is -2.19. The van der Waals surface area contributed by atoms with E-state index in [1.807, 2.05) is 6.92 Å². The normalized spacial score (nSPS) is 14.1. The third-order valence-corrected chi connectivity index (χ3v) is 3.71. The van der Waals surface area contributed by atoms with E-state index in [-0.39, 0.29) is 17.1 Å². The van der Waals surface area contributed by atoms with Crippen molar-refractivity contribution in [3.63, 3.8) is 0 Å². The summed E-state index contributed by atoms with van der Waals surface area (Å²) in [6, 6.07) is 2.94. The standard InChI is InChI=1S/C14H20ClFO2/c1-5-6-9(2)14(15)10-7-12(17-3)13(18-4)8-11(10)16/h7-9,14H,5-6H2,1-4H3. The molecule has 0 heterocycles. The van der Waals surface area contributed by atoms with Crippen LogP contribution in [-0.2, 0) is 0 Å². The molecule has 0 fully saturated rings. The molecule has 0 saturated heterocycles. The van der Waals surface area contributed by atoms with E-state index in [1.54, 1.807) is 6.07 Å². The van der Waals surface area contributed by atoms with Gasteiger partial charge in [0, 0.05) is 11.6 Å². The van der Waals surface area contributed by atoms with Crippen LogP contribution in [0.3, 0.4) is 0 Å². The van der Waals surface area contributed by atoms with Gasteiger partial charge in [-0.15, -0.1) is 11.6 Å². The minimum atomic E-state index is -0.357. The molecule has 0 aliphatic rings. The van der Waals surface area contributed by atoms with E-state index in [2.05, 4.69) is 6.92 Å². The van der Waals surface area contributed by atoms with Gasteiger partial charge in [0.1, 0.15) is 5.82 Å². The minimum absolute atomic E-state index is 0.212. The number of hydrogen-bond donors (Lipinski definition) is 0. The minimum Gasteiger partial charge on any atom is -0.493 e. The third-order valence-electron chi connectivity index (χ3n) is 3.04. The molecule has 1 aromatic rings. The predicted octanol–water partition coefficient (Wildman–Crippen LogP) is 4.56. The average Bonchev–Trinajstić information content (AvgIpc) is 2.37. The molecule has 0 bridgehead atoms. The smallest absolute Gasteiger partial charge is 0.163 e. The van der Waals surface area contributed by atoms with Gasteiger partial charge in [-0.3, -0.25) is 0 Å². The highest BCUT2D eigenvalue weighted by Crippen LogP contribution is 2.38. The molecule has 2 nitrogen and oxygen atoms in total. The first-order valence-corrected chi connectivity index (χ1v) is 6.54. The molecule has 0 aliphatic carbocycles. The van der Waals surface area contributed by atoms with E-state index in [0.29, 0.717) is 17.1 Å². The summed E-state index contributed by atoms with van der Waals surface area (Å²) in [4.78, 5) is 0. The van der Waals surface area contributed by atoms with E-state index in [4.69, 9.17) is 21.1 Å². The topological polar surface area (TPSA) is 18.5 Å². The molecule has 0 saturated carbocycles. The van der Waals surface area contributed by atoms with Crippen LogP contribution in [0.4, 0.5) is 4.39 Å². The molecule has 18 heavy (non-hydrogen) atoms. The molecule has 102 valence electrons. The number of benzene rings is 1. The van der Waals surface area contributed by atoms with Crippen LogP contribution in [0.25, 0.3) is 0 Å². The maximum atomic E-state index is 14.0. The number of rotatable bonds is 6. The van der Waals surface area contributed by atoms with E-state index in [1.165, 1.54) is 20.3 Å². The Morgan fingerprint density at radius 2 is 1.78 bits per heavy atom. The third kappa shape index (κ3) is 3.29. The zero-order valence-electron chi connectivity index (χ0n) is 11.3. The Hall–Kier alpha value is -0.960. The van der Waals surface area contributed by atoms with Crippen molar-refractivity contribution in [1.29, 1.82) is 0 Å². The molecular weight excluding hydrogens is 255 g/mol.